The summed E-state index contributed by atoms with van der Waals surface area (Å²) in [5.74, 6) is 1.63. The van der Waals surface area contributed by atoms with Crippen LogP contribution < -0.4 is 9.46 Å². The van der Waals surface area contributed by atoms with Gasteiger partial charge in [-0.05, 0) is 58.0 Å². The van der Waals surface area contributed by atoms with Crippen LogP contribution in [0.1, 0.15) is 22.8 Å². The smallest absolute Gasteiger partial charge is 0.267 e. The Hall–Kier alpha value is -3.73. The third-order valence-corrected chi connectivity index (χ3v) is 6.04. The number of sulfonamides is 1. The molecule has 0 fully saturated rings. The number of nitrogens with one attached hydrogen (secondary N) is 1. The van der Waals surface area contributed by atoms with Gasteiger partial charge in [0.2, 0.25) is 5.88 Å². The van der Waals surface area contributed by atoms with Crippen LogP contribution in [0.15, 0.2) is 52.1 Å². The van der Waals surface area contributed by atoms with Gasteiger partial charge in [-0.25, -0.2) is 23.1 Å². The van der Waals surface area contributed by atoms with Crippen LogP contribution in [0.3, 0.4) is 0 Å². The highest BCUT2D eigenvalue weighted by Gasteiger charge is 2.24. The summed E-state index contributed by atoms with van der Waals surface area (Å²) in [4.78, 5) is 8.40. The highest BCUT2D eigenvalue weighted by Crippen LogP contribution is 2.26. The molecule has 1 aromatic carbocycles. The van der Waals surface area contributed by atoms with Crippen molar-refractivity contribution in [1.82, 2.24) is 24.9 Å². The maximum atomic E-state index is 12.6. The van der Waals surface area contributed by atoms with Gasteiger partial charge in [-0.15, -0.1) is 0 Å². The van der Waals surface area contributed by atoms with Gasteiger partial charge in [-0.2, -0.15) is 5.10 Å². The Kier molecular flexibility index (Phi) is 5.19. The van der Waals surface area contributed by atoms with Crippen molar-refractivity contribution in [3.63, 3.8) is 0 Å². The van der Waals surface area contributed by atoms with Crippen LogP contribution in [0.4, 0.5) is 5.69 Å². The van der Waals surface area contributed by atoms with Gasteiger partial charge < -0.3 is 9.26 Å². The standard InChI is InChI=1S/C20H20N6O4S/c1-12-9-13(2)26(23-12)18-10-19(22-11-21-18)29-17-7-5-16(6-8-17)25-31(27,28)20-14(3)24-30-15(20)4/h5-11,25H,1-4H3. The van der Waals surface area contributed by atoms with Gasteiger partial charge in [0.1, 0.15) is 17.8 Å². The van der Waals surface area contributed by atoms with Gasteiger partial charge in [-0.1, -0.05) is 5.16 Å². The van der Waals surface area contributed by atoms with E-state index < -0.39 is 10.0 Å². The quantitative estimate of drug-likeness (QED) is 0.483. The first-order chi connectivity index (χ1) is 14.7. The Morgan fingerprint density at radius 3 is 2.39 bits per heavy atom. The highest BCUT2D eigenvalue weighted by molar-refractivity contribution is 7.92. The molecule has 0 bridgehead atoms. The van der Waals surface area contributed by atoms with E-state index in [0.717, 1.165) is 11.4 Å². The third kappa shape index (κ3) is 4.26. The zero-order valence-corrected chi connectivity index (χ0v) is 18.1. The number of anilines is 1. The number of hydrogen-bond acceptors (Lipinski definition) is 8. The molecule has 3 heterocycles. The lowest BCUT2D eigenvalue weighted by atomic mass is 10.3. The molecule has 0 amide bonds. The monoisotopic (exact) mass is 440 g/mol. The fourth-order valence-corrected chi connectivity index (χ4v) is 4.53. The fraction of sp³-hybridized carbons (Fsp3) is 0.200. The van der Waals surface area contributed by atoms with Crippen molar-refractivity contribution in [2.45, 2.75) is 32.6 Å². The first-order valence-electron chi connectivity index (χ1n) is 9.32. The van der Waals surface area contributed by atoms with Crippen molar-refractivity contribution >= 4 is 15.7 Å². The molecule has 1 N–H and O–H groups in total. The van der Waals surface area contributed by atoms with Crippen molar-refractivity contribution in [2.75, 3.05) is 4.72 Å². The molecule has 0 spiro atoms. The maximum Gasteiger partial charge on any atom is 0.267 e. The average Bonchev–Trinajstić information content (AvgIpc) is 3.24. The Morgan fingerprint density at radius 2 is 1.77 bits per heavy atom. The zero-order chi connectivity index (χ0) is 22.2. The second-order valence-electron chi connectivity index (χ2n) is 6.94. The van der Waals surface area contributed by atoms with E-state index in [4.69, 9.17) is 9.26 Å². The van der Waals surface area contributed by atoms with E-state index in [2.05, 4.69) is 24.9 Å². The first kappa shape index (κ1) is 20.5. The number of aromatic nitrogens is 5. The second kappa shape index (κ2) is 7.84. The number of ether oxygens (including phenoxy) is 1. The Balaban J connectivity index is 1.51. The molecule has 4 rings (SSSR count). The molecule has 31 heavy (non-hydrogen) atoms. The second-order valence-corrected chi connectivity index (χ2v) is 8.56. The molecule has 0 unspecified atom stereocenters. The zero-order valence-electron chi connectivity index (χ0n) is 17.3. The van der Waals surface area contributed by atoms with Crippen LogP contribution >= 0.6 is 0 Å². The van der Waals surface area contributed by atoms with Crippen LogP contribution in [0.25, 0.3) is 5.82 Å². The van der Waals surface area contributed by atoms with Crippen LogP contribution in [-0.2, 0) is 10.0 Å². The van der Waals surface area contributed by atoms with Crippen LogP contribution in [0, 0.1) is 27.7 Å². The fourth-order valence-electron chi connectivity index (χ4n) is 3.14. The molecule has 0 aliphatic carbocycles. The molecule has 160 valence electrons. The van der Waals surface area contributed by atoms with Crippen LogP contribution in [0.2, 0.25) is 0 Å². The molecule has 0 aliphatic heterocycles. The first-order valence-corrected chi connectivity index (χ1v) is 10.8. The summed E-state index contributed by atoms with van der Waals surface area (Å²) >= 11 is 0. The Labute approximate surface area is 178 Å². The van der Waals surface area contributed by atoms with Crippen molar-refractivity contribution in [3.8, 4) is 17.4 Å². The topological polar surface area (TPSA) is 125 Å². The summed E-state index contributed by atoms with van der Waals surface area (Å²) in [6.45, 7) is 6.96. The van der Waals surface area contributed by atoms with Gasteiger partial charge in [0.15, 0.2) is 16.5 Å². The summed E-state index contributed by atoms with van der Waals surface area (Å²) < 4.78 is 40.2. The number of hydrogen-bond donors (Lipinski definition) is 1. The number of nitrogens with zero attached hydrogens (tertiary/aromatic N) is 5. The molecule has 0 atom stereocenters. The predicted octanol–water partition coefficient (Wildman–Crippen LogP) is 3.48. The van der Waals surface area contributed by atoms with E-state index >= 15 is 0 Å². The molecule has 0 saturated carbocycles. The summed E-state index contributed by atoms with van der Waals surface area (Å²) in [5.41, 5.74) is 2.50. The largest absolute Gasteiger partial charge is 0.439 e. The molecule has 0 radical (unpaired) electrons. The van der Waals surface area contributed by atoms with E-state index in [0.29, 0.717) is 28.8 Å². The summed E-state index contributed by atoms with van der Waals surface area (Å²) in [5, 5.41) is 8.09. The van der Waals surface area contributed by atoms with Gasteiger partial charge in [-0.3, -0.25) is 4.72 Å². The van der Waals surface area contributed by atoms with Crippen molar-refractivity contribution < 1.29 is 17.7 Å². The van der Waals surface area contributed by atoms with E-state index in [9.17, 15) is 8.42 Å². The number of benzene rings is 1. The molecule has 0 aliphatic rings. The van der Waals surface area contributed by atoms with E-state index in [-0.39, 0.29) is 10.7 Å². The minimum atomic E-state index is -3.82. The van der Waals surface area contributed by atoms with Crippen LogP contribution in [-0.4, -0.2) is 33.3 Å². The average molecular weight is 440 g/mol. The van der Waals surface area contributed by atoms with Gasteiger partial charge in [0.05, 0.1) is 5.69 Å². The molecular formula is C20H20N6O4S. The predicted molar refractivity (Wildman–Crippen MR) is 112 cm³/mol. The lowest BCUT2D eigenvalue weighted by molar-refractivity contribution is 0.390. The third-order valence-electron chi connectivity index (χ3n) is 4.42. The van der Waals surface area contributed by atoms with Crippen molar-refractivity contribution in [1.29, 1.82) is 0 Å². The molecule has 0 saturated heterocycles. The highest BCUT2D eigenvalue weighted by atomic mass is 32.2. The molecule has 11 heteroatoms. The Morgan fingerprint density at radius 1 is 1.03 bits per heavy atom. The summed E-state index contributed by atoms with van der Waals surface area (Å²) in [6.07, 6.45) is 1.40. The number of aryl methyl sites for hydroxylation is 4. The lowest BCUT2D eigenvalue weighted by Gasteiger charge is -2.10. The minimum absolute atomic E-state index is 0.0329. The number of rotatable bonds is 6. The SMILES string of the molecule is Cc1cc(C)n(-c2cc(Oc3ccc(NS(=O)(=O)c4c(C)noc4C)cc3)ncn2)n1. The van der Waals surface area contributed by atoms with E-state index in [1.54, 1.807) is 48.9 Å². The summed E-state index contributed by atoms with van der Waals surface area (Å²) in [6, 6.07) is 10.1. The molecule has 4 aromatic rings. The lowest BCUT2D eigenvalue weighted by Crippen LogP contribution is -2.14. The molecule has 10 nitrogen and oxygen atoms in total. The van der Waals surface area contributed by atoms with Gasteiger partial charge in [0.25, 0.3) is 10.0 Å². The maximum absolute atomic E-state index is 12.6. The molecular weight excluding hydrogens is 420 g/mol. The normalized spacial score (nSPS) is 11.5. The molecule has 3 aromatic heterocycles. The van der Waals surface area contributed by atoms with Gasteiger partial charge >= 0.3 is 0 Å². The van der Waals surface area contributed by atoms with E-state index in [1.165, 1.54) is 6.33 Å². The van der Waals surface area contributed by atoms with Crippen LogP contribution in [0.5, 0.6) is 11.6 Å². The van der Waals surface area contributed by atoms with Gasteiger partial charge in [0, 0.05) is 17.4 Å². The summed E-state index contributed by atoms with van der Waals surface area (Å²) in [7, 11) is -3.82. The Bertz CT molecular complexity index is 1320. The minimum Gasteiger partial charge on any atom is -0.439 e. The van der Waals surface area contributed by atoms with Crippen molar-refractivity contribution in [2.24, 2.45) is 0 Å². The van der Waals surface area contributed by atoms with Crippen molar-refractivity contribution in [3.05, 3.63) is 65.6 Å². The van der Waals surface area contributed by atoms with E-state index in [1.807, 2.05) is 19.9 Å².